The standard InChI is InChI=1S/C31H28FN3O6S2/c1-3-41-30(39)15-6-10-17(11-7-15)33-26(36)13(2)35-28(37)22-18-12-19(23(22)29(35)38)24-21(18)20(14-4-8-16(32)9-5-14)25-27(42-24)34-31(40)43-25/h4-11,13,18-24H,3,12H2,1-2H3,(H,33,36)(H,34,40). The minimum Gasteiger partial charge on any atom is -0.462 e. The lowest BCUT2D eigenvalue weighted by atomic mass is 9.68. The number of carbonyl (C=O) groups is 4. The molecule has 9 nitrogen and oxygen atoms in total. The zero-order valence-electron chi connectivity index (χ0n) is 23.2. The van der Waals surface area contributed by atoms with Crippen molar-refractivity contribution < 1.29 is 28.3 Å². The summed E-state index contributed by atoms with van der Waals surface area (Å²) < 4.78 is 18.8. The Bertz CT molecular complexity index is 1700. The largest absolute Gasteiger partial charge is 0.462 e. The average Bonchev–Trinajstić information content (AvgIpc) is 3.72. The van der Waals surface area contributed by atoms with Crippen LogP contribution in [0.15, 0.2) is 58.4 Å². The number of aromatic amines is 1. The Hall–Kier alpha value is -3.77. The van der Waals surface area contributed by atoms with E-state index in [-0.39, 0.29) is 58.0 Å². The summed E-state index contributed by atoms with van der Waals surface area (Å²) in [5.74, 6) is -3.46. The number of nitrogens with zero attached hydrogens (tertiary/aromatic N) is 1. The molecular formula is C31H28FN3O6S2. The number of nitrogens with one attached hydrogen (secondary N) is 2. The van der Waals surface area contributed by atoms with Gasteiger partial charge in [0.05, 0.1) is 29.0 Å². The molecule has 1 saturated heterocycles. The Morgan fingerprint density at radius 1 is 1.05 bits per heavy atom. The highest BCUT2D eigenvalue weighted by molar-refractivity contribution is 8.00. The first-order chi connectivity index (χ1) is 20.7. The number of benzene rings is 2. The molecule has 3 aromatic rings. The van der Waals surface area contributed by atoms with E-state index in [1.54, 1.807) is 49.9 Å². The second-order valence-corrected chi connectivity index (χ2v) is 13.7. The number of H-pyrrole nitrogens is 1. The van der Waals surface area contributed by atoms with E-state index in [4.69, 9.17) is 4.74 Å². The number of likely N-dealkylation sites (tertiary alicyclic amines) is 1. The lowest BCUT2D eigenvalue weighted by Gasteiger charge is -2.43. The number of halogens is 1. The zero-order valence-corrected chi connectivity index (χ0v) is 24.9. The molecule has 8 atom stereocenters. The average molecular weight is 622 g/mol. The highest BCUT2D eigenvalue weighted by atomic mass is 32.2. The molecule has 4 aliphatic rings. The fourth-order valence-electron chi connectivity index (χ4n) is 7.73. The third-order valence-corrected chi connectivity index (χ3v) is 12.0. The van der Waals surface area contributed by atoms with Crippen molar-refractivity contribution in [2.45, 2.75) is 42.5 Å². The van der Waals surface area contributed by atoms with Gasteiger partial charge in [0.2, 0.25) is 17.7 Å². The van der Waals surface area contributed by atoms with Gasteiger partial charge in [-0.15, -0.1) is 11.8 Å². The lowest BCUT2D eigenvalue weighted by molar-refractivity contribution is -0.146. The van der Waals surface area contributed by atoms with Crippen LogP contribution in [-0.2, 0) is 19.1 Å². The normalized spacial score (nSPS) is 29.2. The highest BCUT2D eigenvalue weighted by Crippen LogP contribution is 2.68. The van der Waals surface area contributed by atoms with Crippen LogP contribution < -0.4 is 10.2 Å². The van der Waals surface area contributed by atoms with E-state index in [2.05, 4.69) is 10.3 Å². The number of hydrogen-bond acceptors (Lipinski definition) is 8. The van der Waals surface area contributed by atoms with Crippen LogP contribution in [0.5, 0.6) is 0 Å². The van der Waals surface area contributed by atoms with Crippen LogP contribution in [0.4, 0.5) is 10.1 Å². The number of thioether (sulfide) groups is 1. The molecule has 222 valence electrons. The summed E-state index contributed by atoms with van der Waals surface area (Å²) >= 11 is 2.72. The van der Waals surface area contributed by atoms with Crippen molar-refractivity contribution in [3.63, 3.8) is 0 Å². The van der Waals surface area contributed by atoms with Gasteiger partial charge in [-0.1, -0.05) is 23.5 Å². The van der Waals surface area contributed by atoms with E-state index >= 15 is 0 Å². The van der Waals surface area contributed by atoms with Crippen molar-refractivity contribution in [3.8, 4) is 0 Å². The maximum Gasteiger partial charge on any atom is 0.338 e. The maximum atomic E-state index is 13.9. The Morgan fingerprint density at radius 3 is 2.40 bits per heavy atom. The molecule has 2 N–H and O–H groups in total. The number of fused-ring (bicyclic) bond motifs is 9. The molecule has 0 spiro atoms. The van der Waals surface area contributed by atoms with E-state index in [1.165, 1.54) is 24.3 Å². The molecule has 1 aromatic heterocycles. The van der Waals surface area contributed by atoms with Gasteiger partial charge in [0.25, 0.3) is 0 Å². The number of rotatable bonds is 6. The van der Waals surface area contributed by atoms with Gasteiger partial charge < -0.3 is 15.0 Å². The third kappa shape index (κ3) is 4.36. The topological polar surface area (TPSA) is 126 Å². The molecule has 2 aromatic carbocycles. The number of carbonyl (C=O) groups excluding carboxylic acids is 4. The molecule has 7 rings (SSSR count). The maximum absolute atomic E-state index is 13.9. The van der Waals surface area contributed by atoms with Crippen molar-refractivity contribution in [2.24, 2.45) is 29.6 Å². The van der Waals surface area contributed by atoms with E-state index in [0.29, 0.717) is 17.7 Å². The quantitative estimate of drug-likeness (QED) is 0.311. The molecule has 3 heterocycles. The minimum absolute atomic E-state index is 0.00204. The fraction of sp³-hybridized carbons (Fsp3) is 0.387. The Balaban J connectivity index is 1.14. The van der Waals surface area contributed by atoms with E-state index in [0.717, 1.165) is 31.7 Å². The van der Waals surface area contributed by atoms with Gasteiger partial charge in [-0.3, -0.25) is 24.1 Å². The second-order valence-electron chi connectivity index (χ2n) is 11.5. The summed E-state index contributed by atoms with van der Waals surface area (Å²) in [5.41, 5.74) is 1.65. The van der Waals surface area contributed by atoms with Crippen molar-refractivity contribution >= 4 is 52.5 Å². The SMILES string of the molecule is CCOC(=O)c1ccc(NC(=O)C(C)N2C(=O)C3C4CC(C3C2=O)C2C(c3ccc(F)cc3)c3sc(=O)[nH]c3SC42)cc1. The van der Waals surface area contributed by atoms with Crippen molar-refractivity contribution in [1.29, 1.82) is 0 Å². The van der Waals surface area contributed by atoms with Gasteiger partial charge in [0.1, 0.15) is 11.9 Å². The minimum atomic E-state index is -1.03. The second kappa shape index (κ2) is 10.4. The van der Waals surface area contributed by atoms with E-state index in [9.17, 15) is 28.4 Å². The molecular weight excluding hydrogens is 593 g/mol. The number of amides is 3. The van der Waals surface area contributed by atoms with E-state index in [1.807, 2.05) is 0 Å². The zero-order chi connectivity index (χ0) is 30.2. The highest BCUT2D eigenvalue weighted by Gasteiger charge is 2.70. The summed E-state index contributed by atoms with van der Waals surface area (Å²) in [5, 5.41) is 3.53. The number of aromatic nitrogens is 1. The van der Waals surface area contributed by atoms with Crippen LogP contribution in [0.25, 0.3) is 0 Å². The fourth-order valence-corrected chi connectivity index (χ4v) is 10.6. The molecule has 3 amide bonds. The first-order valence-electron chi connectivity index (χ1n) is 14.3. The lowest BCUT2D eigenvalue weighted by Crippen LogP contribution is -2.46. The van der Waals surface area contributed by atoms with Gasteiger partial charge in [-0.2, -0.15) is 0 Å². The molecule has 3 fully saturated rings. The Morgan fingerprint density at radius 2 is 1.72 bits per heavy atom. The third-order valence-electron chi connectivity index (χ3n) is 9.42. The van der Waals surface area contributed by atoms with E-state index < -0.39 is 29.8 Å². The van der Waals surface area contributed by atoms with Crippen LogP contribution in [0.1, 0.15) is 47.0 Å². The summed E-state index contributed by atoms with van der Waals surface area (Å²) in [6.45, 7) is 3.51. The summed E-state index contributed by atoms with van der Waals surface area (Å²) in [6.07, 6.45) is 0.716. The van der Waals surface area contributed by atoms with Crippen LogP contribution in [0.3, 0.4) is 0 Å². The first-order valence-corrected chi connectivity index (χ1v) is 16.0. The van der Waals surface area contributed by atoms with Crippen LogP contribution in [-0.4, -0.2) is 51.5 Å². The molecule has 2 aliphatic heterocycles. The van der Waals surface area contributed by atoms with Crippen molar-refractivity contribution in [1.82, 2.24) is 9.88 Å². The van der Waals surface area contributed by atoms with Crippen molar-refractivity contribution in [3.05, 3.63) is 80.0 Å². The number of thiazole rings is 1. The Kier molecular flexibility index (Phi) is 6.81. The predicted octanol–water partition coefficient (Wildman–Crippen LogP) is 4.25. The number of imide groups is 1. The van der Waals surface area contributed by atoms with Crippen LogP contribution in [0, 0.1) is 35.4 Å². The molecule has 2 bridgehead atoms. The number of anilines is 1. The molecule has 2 aliphatic carbocycles. The summed E-state index contributed by atoms with van der Waals surface area (Å²) in [4.78, 5) is 70.2. The molecule has 12 heteroatoms. The first kappa shape index (κ1) is 28.0. The molecule has 43 heavy (non-hydrogen) atoms. The van der Waals surface area contributed by atoms with Gasteiger partial charge in [0, 0.05) is 21.7 Å². The summed E-state index contributed by atoms with van der Waals surface area (Å²) in [6, 6.07) is 11.5. The van der Waals surface area contributed by atoms with Gasteiger partial charge in [-0.05, 0) is 80.0 Å². The number of ether oxygens (including phenoxy) is 1. The van der Waals surface area contributed by atoms with Crippen LogP contribution >= 0.6 is 23.1 Å². The smallest absolute Gasteiger partial charge is 0.338 e. The molecule has 8 unspecified atom stereocenters. The summed E-state index contributed by atoms with van der Waals surface area (Å²) in [7, 11) is 0. The molecule has 2 saturated carbocycles. The van der Waals surface area contributed by atoms with Crippen molar-refractivity contribution in [2.75, 3.05) is 11.9 Å². The Labute approximate surface area is 254 Å². The predicted molar refractivity (Wildman–Crippen MR) is 157 cm³/mol. The molecule has 0 radical (unpaired) electrons. The number of hydrogen-bond donors (Lipinski definition) is 2. The van der Waals surface area contributed by atoms with Gasteiger partial charge in [0.15, 0.2) is 0 Å². The number of esters is 1. The van der Waals surface area contributed by atoms with Crippen LogP contribution in [0.2, 0.25) is 0 Å². The monoisotopic (exact) mass is 621 g/mol. The van der Waals surface area contributed by atoms with Gasteiger partial charge in [-0.25, -0.2) is 9.18 Å². The van der Waals surface area contributed by atoms with Gasteiger partial charge >= 0.3 is 10.8 Å².